The van der Waals surface area contributed by atoms with Gasteiger partial charge in [0, 0.05) is 7.05 Å². The monoisotopic (exact) mass is 252 g/mol. The molecule has 19 heavy (non-hydrogen) atoms. The van der Waals surface area contributed by atoms with Crippen molar-refractivity contribution < 1.29 is 4.79 Å². The van der Waals surface area contributed by atoms with Crippen LogP contribution in [0.2, 0.25) is 0 Å². The first-order valence-electron chi connectivity index (χ1n) is 6.14. The Balaban J connectivity index is 2.46. The molecule has 0 bridgehead atoms. The summed E-state index contributed by atoms with van der Waals surface area (Å²) >= 11 is 0. The van der Waals surface area contributed by atoms with Gasteiger partial charge in [0.05, 0.1) is 5.92 Å². The van der Waals surface area contributed by atoms with Crippen LogP contribution in [-0.4, -0.2) is 18.7 Å². The van der Waals surface area contributed by atoms with Gasteiger partial charge in [-0.3, -0.25) is 10.2 Å². The van der Waals surface area contributed by atoms with Crippen LogP contribution in [0.25, 0.3) is 0 Å². The van der Waals surface area contributed by atoms with Crippen LogP contribution < -0.4 is 5.32 Å². The second-order valence-corrected chi connectivity index (χ2v) is 4.25. The quantitative estimate of drug-likeness (QED) is 0.807. The zero-order chi connectivity index (χ0) is 13.7. The summed E-state index contributed by atoms with van der Waals surface area (Å²) in [6, 6.07) is 19.3. The molecule has 0 aliphatic rings. The molecule has 3 nitrogen and oxygen atoms in total. The van der Waals surface area contributed by atoms with Gasteiger partial charge in [-0.2, -0.15) is 0 Å². The molecule has 0 aromatic heterocycles. The van der Waals surface area contributed by atoms with Gasteiger partial charge in [-0.1, -0.05) is 60.7 Å². The standard InChI is InChI=1S/C16H16N2O/c1-18-16(19)15(17)14(12-8-4-2-5-9-12)13-10-6-3-7-11-13/h2-11,14,17H,1H3,(H,18,19). The molecule has 0 heterocycles. The second kappa shape index (κ2) is 5.96. The molecule has 2 aromatic rings. The molecule has 0 aliphatic carbocycles. The van der Waals surface area contributed by atoms with E-state index in [-0.39, 0.29) is 17.5 Å². The van der Waals surface area contributed by atoms with Crippen LogP contribution in [0.1, 0.15) is 17.0 Å². The van der Waals surface area contributed by atoms with Crippen LogP contribution in [0.3, 0.4) is 0 Å². The first kappa shape index (κ1) is 13.0. The highest BCUT2D eigenvalue weighted by Crippen LogP contribution is 2.25. The first-order valence-corrected chi connectivity index (χ1v) is 6.14. The van der Waals surface area contributed by atoms with E-state index in [0.29, 0.717) is 0 Å². The van der Waals surface area contributed by atoms with Gasteiger partial charge in [-0.05, 0) is 11.1 Å². The van der Waals surface area contributed by atoms with E-state index in [2.05, 4.69) is 5.32 Å². The second-order valence-electron chi connectivity index (χ2n) is 4.25. The number of hydrogen-bond donors (Lipinski definition) is 2. The summed E-state index contributed by atoms with van der Waals surface area (Å²) in [6.07, 6.45) is 0. The molecular weight excluding hydrogens is 236 g/mol. The van der Waals surface area contributed by atoms with E-state index in [0.717, 1.165) is 11.1 Å². The number of rotatable bonds is 4. The zero-order valence-corrected chi connectivity index (χ0v) is 10.8. The highest BCUT2D eigenvalue weighted by Gasteiger charge is 2.23. The Morgan fingerprint density at radius 3 is 1.74 bits per heavy atom. The molecule has 96 valence electrons. The Bertz CT molecular complexity index is 524. The fourth-order valence-electron chi connectivity index (χ4n) is 2.08. The van der Waals surface area contributed by atoms with Crippen LogP contribution in [-0.2, 0) is 4.79 Å². The molecular formula is C16H16N2O. The van der Waals surface area contributed by atoms with Crippen molar-refractivity contribution in [3.8, 4) is 0 Å². The van der Waals surface area contributed by atoms with Crippen LogP contribution in [0.4, 0.5) is 0 Å². The number of carbonyl (C=O) groups is 1. The van der Waals surface area contributed by atoms with Gasteiger partial charge in [0.25, 0.3) is 5.91 Å². The van der Waals surface area contributed by atoms with Crippen LogP contribution >= 0.6 is 0 Å². The lowest BCUT2D eigenvalue weighted by molar-refractivity contribution is -0.114. The number of nitrogens with one attached hydrogen (secondary N) is 2. The summed E-state index contributed by atoms with van der Waals surface area (Å²) in [5.74, 6) is -0.681. The van der Waals surface area contributed by atoms with Crippen LogP contribution in [0.5, 0.6) is 0 Å². The lowest BCUT2D eigenvalue weighted by atomic mass is 9.87. The molecule has 1 amide bonds. The Kier molecular flexibility index (Phi) is 4.08. The van der Waals surface area contributed by atoms with Crippen molar-refractivity contribution >= 4 is 11.6 Å². The van der Waals surface area contributed by atoms with Gasteiger partial charge in [0.2, 0.25) is 0 Å². The normalized spacial score (nSPS) is 10.2. The maximum absolute atomic E-state index is 11.8. The molecule has 2 N–H and O–H groups in total. The molecule has 0 fully saturated rings. The van der Waals surface area contributed by atoms with Crippen molar-refractivity contribution in [3.05, 3.63) is 71.8 Å². The van der Waals surface area contributed by atoms with E-state index in [1.54, 1.807) is 7.05 Å². The van der Waals surface area contributed by atoms with E-state index < -0.39 is 0 Å². The molecule has 0 saturated carbocycles. The average molecular weight is 252 g/mol. The number of carbonyl (C=O) groups excluding carboxylic acids is 1. The SMILES string of the molecule is CNC(=O)C(=N)C(c1ccccc1)c1ccccc1. The Morgan fingerprint density at radius 1 is 0.947 bits per heavy atom. The molecule has 3 heteroatoms. The summed E-state index contributed by atoms with van der Waals surface area (Å²) in [6.45, 7) is 0. The van der Waals surface area contributed by atoms with Gasteiger partial charge in [0.1, 0.15) is 5.71 Å². The third-order valence-electron chi connectivity index (χ3n) is 3.03. The number of hydrogen-bond acceptors (Lipinski definition) is 2. The highest BCUT2D eigenvalue weighted by atomic mass is 16.1. The number of benzene rings is 2. The minimum atomic E-state index is -0.349. The van der Waals surface area contributed by atoms with Crippen LogP contribution in [0.15, 0.2) is 60.7 Å². The molecule has 0 radical (unpaired) electrons. The predicted octanol–water partition coefficient (Wildman–Crippen LogP) is 2.58. The molecule has 2 rings (SSSR count). The topological polar surface area (TPSA) is 53.0 Å². The smallest absolute Gasteiger partial charge is 0.265 e. The molecule has 0 spiro atoms. The maximum atomic E-state index is 11.8. The van der Waals surface area contributed by atoms with E-state index >= 15 is 0 Å². The largest absolute Gasteiger partial charge is 0.354 e. The third kappa shape index (κ3) is 2.88. The van der Waals surface area contributed by atoms with E-state index in [1.165, 1.54) is 0 Å². The minimum absolute atomic E-state index is 0.0555. The Morgan fingerprint density at radius 2 is 1.37 bits per heavy atom. The number of amides is 1. The highest BCUT2D eigenvalue weighted by molar-refractivity contribution is 6.40. The van der Waals surface area contributed by atoms with Crippen molar-refractivity contribution in [1.82, 2.24) is 5.32 Å². The third-order valence-corrected chi connectivity index (χ3v) is 3.03. The lowest BCUT2D eigenvalue weighted by Gasteiger charge is -2.18. The summed E-state index contributed by atoms with van der Waals surface area (Å²) in [7, 11) is 1.55. The van der Waals surface area contributed by atoms with Gasteiger partial charge in [-0.25, -0.2) is 0 Å². The van der Waals surface area contributed by atoms with Crippen molar-refractivity contribution in [3.63, 3.8) is 0 Å². The Hall–Kier alpha value is -2.42. The van der Waals surface area contributed by atoms with E-state index in [4.69, 9.17) is 5.41 Å². The van der Waals surface area contributed by atoms with Crippen molar-refractivity contribution in [2.24, 2.45) is 0 Å². The molecule has 0 saturated heterocycles. The lowest BCUT2D eigenvalue weighted by Crippen LogP contribution is -2.31. The van der Waals surface area contributed by atoms with Gasteiger partial charge < -0.3 is 5.32 Å². The van der Waals surface area contributed by atoms with E-state index in [9.17, 15) is 4.79 Å². The molecule has 0 atom stereocenters. The average Bonchev–Trinajstić information content (AvgIpc) is 2.49. The van der Waals surface area contributed by atoms with Crippen molar-refractivity contribution in [2.75, 3.05) is 7.05 Å². The first-order chi connectivity index (χ1) is 9.24. The summed E-state index contributed by atoms with van der Waals surface area (Å²) < 4.78 is 0. The van der Waals surface area contributed by atoms with Gasteiger partial charge in [-0.15, -0.1) is 0 Å². The summed E-state index contributed by atoms with van der Waals surface area (Å²) in [4.78, 5) is 11.8. The van der Waals surface area contributed by atoms with Crippen molar-refractivity contribution in [2.45, 2.75) is 5.92 Å². The summed E-state index contributed by atoms with van der Waals surface area (Å²) in [5, 5.41) is 10.6. The zero-order valence-electron chi connectivity index (χ0n) is 10.8. The van der Waals surface area contributed by atoms with Gasteiger partial charge >= 0.3 is 0 Å². The molecule has 2 aromatic carbocycles. The van der Waals surface area contributed by atoms with Crippen molar-refractivity contribution in [1.29, 1.82) is 5.41 Å². The predicted molar refractivity (Wildman–Crippen MR) is 76.5 cm³/mol. The fraction of sp³-hybridized carbons (Fsp3) is 0.125. The maximum Gasteiger partial charge on any atom is 0.265 e. The minimum Gasteiger partial charge on any atom is -0.354 e. The molecule has 0 aliphatic heterocycles. The Labute approximate surface area is 112 Å². The van der Waals surface area contributed by atoms with Crippen LogP contribution in [0, 0.1) is 5.41 Å². The molecule has 0 unspecified atom stereocenters. The summed E-state index contributed by atoms with van der Waals surface area (Å²) in [5.41, 5.74) is 1.95. The van der Waals surface area contributed by atoms with E-state index in [1.807, 2.05) is 60.7 Å². The fourth-order valence-corrected chi connectivity index (χ4v) is 2.08. The van der Waals surface area contributed by atoms with Gasteiger partial charge in [0.15, 0.2) is 0 Å².